The van der Waals surface area contributed by atoms with Crippen LogP contribution >= 0.6 is 11.8 Å². The van der Waals surface area contributed by atoms with Crippen LogP contribution in [0.1, 0.15) is 5.56 Å². The maximum absolute atomic E-state index is 13.0. The van der Waals surface area contributed by atoms with E-state index in [4.69, 9.17) is 0 Å². The molecule has 0 nitrogen and oxygen atoms in total. The summed E-state index contributed by atoms with van der Waals surface area (Å²) in [5, 5.41) is 0. The molecule has 1 rings (SSSR count). The first-order chi connectivity index (χ1) is 4.75. The molecule has 0 fully saturated rings. The molecule has 0 aromatic heterocycles. The van der Waals surface area contributed by atoms with Crippen LogP contribution in [-0.2, 0) is 0 Å². The van der Waals surface area contributed by atoms with Crippen LogP contribution in [0.4, 0.5) is 4.39 Å². The maximum atomic E-state index is 13.0. The molecule has 0 atom stereocenters. The van der Waals surface area contributed by atoms with E-state index in [9.17, 15) is 4.39 Å². The van der Waals surface area contributed by atoms with E-state index in [-0.39, 0.29) is 5.82 Å². The summed E-state index contributed by atoms with van der Waals surface area (Å²) in [4.78, 5) is 0.722. The molecule has 0 heterocycles. The number of hydrogen-bond donors (Lipinski definition) is 0. The van der Waals surface area contributed by atoms with Crippen LogP contribution in [0.25, 0.3) is 0 Å². The topological polar surface area (TPSA) is 0 Å². The highest BCUT2D eigenvalue weighted by Crippen LogP contribution is 2.20. The lowest BCUT2D eigenvalue weighted by molar-refractivity contribution is 0.593. The second kappa shape index (κ2) is 3.06. The van der Waals surface area contributed by atoms with E-state index in [0.717, 1.165) is 4.90 Å². The molecule has 2 heteroatoms. The Hall–Kier alpha value is -0.500. The fraction of sp³-hybridized carbons (Fsp3) is 0.250. The van der Waals surface area contributed by atoms with Crippen LogP contribution in [0.3, 0.4) is 0 Å². The highest BCUT2D eigenvalue weighted by atomic mass is 32.2. The van der Waals surface area contributed by atoms with E-state index in [1.54, 1.807) is 19.1 Å². The first-order valence-electron chi connectivity index (χ1n) is 3.05. The van der Waals surface area contributed by atoms with Gasteiger partial charge in [0.25, 0.3) is 0 Å². The number of halogens is 1. The molecule has 0 N–H and O–H groups in total. The summed E-state index contributed by atoms with van der Waals surface area (Å²) < 4.78 is 13.0. The molecule has 0 saturated carbocycles. The summed E-state index contributed by atoms with van der Waals surface area (Å²) in [5.41, 5.74) is 0.715. The molecule has 0 saturated heterocycles. The SMILES string of the molecule is CSc1cccc(C)c1F. The Balaban J connectivity index is 3.14. The fourth-order valence-corrected chi connectivity index (χ4v) is 1.33. The number of hydrogen-bond acceptors (Lipinski definition) is 1. The molecule has 0 radical (unpaired) electrons. The van der Waals surface area contributed by atoms with Gasteiger partial charge in [0.15, 0.2) is 0 Å². The first kappa shape index (κ1) is 7.61. The third-order valence-corrected chi connectivity index (χ3v) is 2.13. The Kier molecular flexibility index (Phi) is 2.33. The van der Waals surface area contributed by atoms with Crippen LogP contribution in [-0.4, -0.2) is 6.26 Å². The van der Waals surface area contributed by atoms with Crippen molar-refractivity contribution in [2.75, 3.05) is 6.26 Å². The molecule has 0 aliphatic carbocycles. The van der Waals surface area contributed by atoms with E-state index in [0.29, 0.717) is 5.56 Å². The molecule has 0 unspecified atom stereocenters. The van der Waals surface area contributed by atoms with Gasteiger partial charge in [-0.1, -0.05) is 12.1 Å². The summed E-state index contributed by atoms with van der Waals surface area (Å²) in [5.74, 6) is -0.0880. The van der Waals surface area contributed by atoms with E-state index >= 15 is 0 Å². The Bertz CT molecular complexity index is 233. The van der Waals surface area contributed by atoms with E-state index in [1.165, 1.54) is 11.8 Å². The summed E-state index contributed by atoms with van der Waals surface area (Å²) in [7, 11) is 0. The molecular formula is C8H9FS. The highest BCUT2D eigenvalue weighted by Gasteiger charge is 2.00. The largest absolute Gasteiger partial charge is 0.205 e. The van der Waals surface area contributed by atoms with Gasteiger partial charge in [-0.2, -0.15) is 0 Å². The minimum Gasteiger partial charge on any atom is -0.205 e. The zero-order valence-electron chi connectivity index (χ0n) is 6.02. The summed E-state index contributed by atoms with van der Waals surface area (Å²) in [6.07, 6.45) is 1.87. The van der Waals surface area contributed by atoms with Crippen LogP contribution in [0, 0.1) is 12.7 Å². The summed E-state index contributed by atoms with van der Waals surface area (Å²) in [6, 6.07) is 5.42. The molecule has 0 spiro atoms. The van der Waals surface area contributed by atoms with Crippen LogP contribution in [0.2, 0.25) is 0 Å². The lowest BCUT2D eigenvalue weighted by Crippen LogP contribution is -1.83. The second-order valence-electron chi connectivity index (χ2n) is 2.09. The molecule has 10 heavy (non-hydrogen) atoms. The van der Waals surface area contributed by atoms with Crippen molar-refractivity contribution in [2.24, 2.45) is 0 Å². The second-order valence-corrected chi connectivity index (χ2v) is 2.94. The molecule has 0 bridgehead atoms. The van der Waals surface area contributed by atoms with E-state index in [1.807, 2.05) is 12.3 Å². The predicted molar refractivity (Wildman–Crippen MR) is 42.9 cm³/mol. The average molecular weight is 156 g/mol. The van der Waals surface area contributed by atoms with Gasteiger partial charge in [-0.15, -0.1) is 11.8 Å². The van der Waals surface area contributed by atoms with Crippen molar-refractivity contribution < 1.29 is 4.39 Å². The molecule has 1 aromatic rings. The van der Waals surface area contributed by atoms with E-state index in [2.05, 4.69) is 0 Å². The number of aryl methyl sites for hydroxylation is 1. The van der Waals surface area contributed by atoms with Crippen LogP contribution < -0.4 is 0 Å². The Morgan fingerprint density at radius 1 is 1.40 bits per heavy atom. The van der Waals surface area contributed by atoms with Crippen molar-refractivity contribution in [3.05, 3.63) is 29.6 Å². The van der Waals surface area contributed by atoms with Crippen molar-refractivity contribution in [2.45, 2.75) is 11.8 Å². The predicted octanol–water partition coefficient (Wildman–Crippen LogP) is 2.86. The van der Waals surface area contributed by atoms with Gasteiger partial charge in [0.1, 0.15) is 5.82 Å². The van der Waals surface area contributed by atoms with Crippen molar-refractivity contribution >= 4 is 11.8 Å². The molecular weight excluding hydrogens is 147 g/mol. The van der Waals surface area contributed by atoms with Gasteiger partial charge >= 0.3 is 0 Å². The van der Waals surface area contributed by atoms with Crippen LogP contribution in [0.5, 0.6) is 0 Å². The van der Waals surface area contributed by atoms with E-state index < -0.39 is 0 Å². The third kappa shape index (κ3) is 1.32. The Morgan fingerprint density at radius 3 is 2.60 bits per heavy atom. The zero-order chi connectivity index (χ0) is 7.56. The minimum atomic E-state index is -0.0880. The van der Waals surface area contributed by atoms with Crippen molar-refractivity contribution in [1.82, 2.24) is 0 Å². The van der Waals surface area contributed by atoms with Crippen molar-refractivity contribution in [3.63, 3.8) is 0 Å². The Labute approximate surface area is 64.4 Å². The fourth-order valence-electron chi connectivity index (χ4n) is 0.778. The quantitative estimate of drug-likeness (QED) is 0.563. The molecule has 0 aliphatic rings. The molecule has 1 aromatic carbocycles. The van der Waals surface area contributed by atoms with Gasteiger partial charge in [-0.25, -0.2) is 4.39 Å². The zero-order valence-corrected chi connectivity index (χ0v) is 6.83. The number of thioether (sulfide) groups is 1. The van der Waals surface area contributed by atoms with Crippen molar-refractivity contribution in [1.29, 1.82) is 0 Å². The Morgan fingerprint density at radius 2 is 2.10 bits per heavy atom. The molecule has 0 aliphatic heterocycles. The smallest absolute Gasteiger partial charge is 0.139 e. The molecule has 54 valence electrons. The summed E-state index contributed by atoms with van der Waals surface area (Å²) >= 11 is 1.43. The molecule has 0 amide bonds. The average Bonchev–Trinajstić information content (AvgIpc) is 1.95. The number of benzene rings is 1. The lowest BCUT2D eigenvalue weighted by atomic mass is 10.2. The standard InChI is InChI=1S/C8H9FS/c1-6-4-3-5-7(10-2)8(6)9/h3-5H,1-2H3. The number of rotatable bonds is 1. The highest BCUT2D eigenvalue weighted by molar-refractivity contribution is 7.98. The summed E-state index contributed by atoms with van der Waals surface area (Å²) in [6.45, 7) is 1.77. The minimum absolute atomic E-state index is 0.0880. The van der Waals surface area contributed by atoms with Crippen LogP contribution in [0.15, 0.2) is 23.1 Å². The van der Waals surface area contributed by atoms with Gasteiger partial charge in [-0.05, 0) is 24.8 Å². The van der Waals surface area contributed by atoms with Gasteiger partial charge in [-0.3, -0.25) is 0 Å². The normalized spacial score (nSPS) is 9.90. The lowest BCUT2D eigenvalue weighted by Gasteiger charge is -1.99. The maximum Gasteiger partial charge on any atom is 0.139 e. The first-order valence-corrected chi connectivity index (χ1v) is 4.27. The van der Waals surface area contributed by atoms with Crippen molar-refractivity contribution in [3.8, 4) is 0 Å². The van der Waals surface area contributed by atoms with Gasteiger partial charge < -0.3 is 0 Å². The van der Waals surface area contributed by atoms with Gasteiger partial charge in [0, 0.05) is 4.90 Å². The van der Waals surface area contributed by atoms with Gasteiger partial charge in [0.05, 0.1) is 0 Å². The van der Waals surface area contributed by atoms with Gasteiger partial charge in [0.2, 0.25) is 0 Å². The monoisotopic (exact) mass is 156 g/mol. The third-order valence-electron chi connectivity index (χ3n) is 1.38.